The lowest BCUT2D eigenvalue weighted by atomic mass is 9.84. The summed E-state index contributed by atoms with van der Waals surface area (Å²) in [5.74, 6) is 2.37. The van der Waals surface area contributed by atoms with E-state index in [0.29, 0.717) is 17.2 Å². The van der Waals surface area contributed by atoms with Crippen LogP contribution in [0.3, 0.4) is 0 Å². The molecule has 3 N–H and O–H groups in total. The quantitative estimate of drug-likeness (QED) is 0.819. The van der Waals surface area contributed by atoms with Crippen LogP contribution in [0.5, 0.6) is 0 Å². The Hall–Kier alpha value is -1.51. The highest BCUT2D eigenvalue weighted by Crippen LogP contribution is 2.49. The van der Waals surface area contributed by atoms with Crippen LogP contribution in [-0.2, 0) is 0 Å². The van der Waals surface area contributed by atoms with Gasteiger partial charge in [0.05, 0.1) is 5.56 Å². The SMILES string of the molecule is C[C@H](NC(=O)c1ccccc1N)[C@H]1C[C@H]2CC[C@H]1C2. The van der Waals surface area contributed by atoms with Crippen molar-refractivity contribution in [3.8, 4) is 0 Å². The molecule has 4 atom stereocenters. The summed E-state index contributed by atoms with van der Waals surface area (Å²) in [5, 5.41) is 3.14. The highest BCUT2D eigenvalue weighted by atomic mass is 16.1. The van der Waals surface area contributed by atoms with Gasteiger partial charge in [-0.1, -0.05) is 18.6 Å². The molecular weight excluding hydrogens is 236 g/mol. The lowest BCUT2D eigenvalue weighted by Crippen LogP contribution is -2.40. The van der Waals surface area contributed by atoms with E-state index in [1.807, 2.05) is 12.1 Å². The third-order valence-electron chi connectivity index (χ3n) is 5.00. The van der Waals surface area contributed by atoms with E-state index in [-0.39, 0.29) is 11.9 Å². The van der Waals surface area contributed by atoms with Gasteiger partial charge in [0, 0.05) is 11.7 Å². The number of nitrogens with two attached hydrogens (primary N) is 1. The number of carbonyl (C=O) groups excluding carboxylic acids is 1. The van der Waals surface area contributed by atoms with E-state index in [1.54, 1.807) is 12.1 Å². The third-order valence-corrected chi connectivity index (χ3v) is 5.00. The largest absolute Gasteiger partial charge is 0.398 e. The fraction of sp³-hybridized carbons (Fsp3) is 0.562. The fourth-order valence-corrected chi connectivity index (χ4v) is 4.00. The molecule has 102 valence electrons. The number of hydrogen-bond acceptors (Lipinski definition) is 2. The molecule has 2 aliphatic carbocycles. The van der Waals surface area contributed by atoms with Crippen molar-refractivity contribution in [3.05, 3.63) is 29.8 Å². The zero-order valence-electron chi connectivity index (χ0n) is 11.4. The lowest BCUT2D eigenvalue weighted by molar-refractivity contribution is 0.0916. The number of nitrogen functional groups attached to an aromatic ring is 1. The average Bonchev–Trinajstić information content (AvgIpc) is 3.01. The molecule has 0 unspecified atom stereocenters. The summed E-state index contributed by atoms with van der Waals surface area (Å²) in [4.78, 5) is 12.2. The maximum absolute atomic E-state index is 12.2. The van der Waals surface area contributed by atoms with E-state index in [9.17, 15) is 4.79 Å². The van der Waals surface area contributed by atoms with Crippen molar-refractivity contribution < 1.29 is 4.79 Å². The van der Waals surface area contributed by atoms with Gasteiger partial charge in [-0.15, -0.1) is 0 Å². The van der Waals surface area contributed by atoms with Crippen LogP contribution in [0.2, 0.25) is 0 Å². The Morgan fingerprint density at radius 2 is 2.11 bits per heavy atom. The maximum atomic E-state index is 12.2. The number of hydrogen-bond donors (Lipinski definition) is 2. The first-order chi connectivity index (χ1) is 9.15. The maximum Gasteiger partial charge on any atom is 0.253 e. The molecule has 1 amide bonds. The van der Waals surface area contributed by atoms with Crippen molar-refractivity contribution >= 4 is 11.6 Å². The van der Waals surface area contributed by atoms with Gasteiger partial charge in [-0.2, -0.15) is 0 Å². The molecule has 0 aromatic heterocycles. The van der Waals surface area contributed by atoms with E-state index in [1.165, 1.54) is 25.7 Å². The number of benzene rings is 1. The zero-order valence-corrected chi connectivity index (χ0v) is 11.4. The molecule has 0 aliphatic heterocycles. The molecule has 2 fully saturated rings. The van der Waals surface area contributed by atoms with E-state index in [0.717, 1.165) is 11.8 Å². The standard InChI is InChI=1S/C16H22N2O/c1-10(14-9-11-6-7-12(14)8-11)18-16(19)13-4-2-3-5-15(13)17/h2-5,10-12,14H,6-9,17H2,1H3,(H,18,19)/t10-,11-,12-,14+/m0/s1. The molecule has 1 aromatic rings. The lowest BCUT2D eigenvalue weighted by Gasteiger charge is -2.28. The van der Waals surface area contributed by atoms with Gasteiger partial charge in [-0.3, -0.25) is 4.79 Å². The average molecular weight is 258 g/mol. The number of carbonyl (C=O) groups is 1. The van der Waals surface area contributed by atoms with Crippen LogP contribution < -0.4 is 11.1 Å². The number of amides is 1. The summed E-state index contributed by atoms with van der Waals surface area (Å²) >= 11 is 0. The first kappa shape index (κ1) is 12.5. The Morgan fingerprint density at radius 1 is 1.32 bits per heavy atom. The minimum atomic E-state index is -0.0339. The molecule has 3 nitrogen and oxygen atoms in total. The van der Waals surface area contributed by atoms with Crippen molar-refractivity contribution in [2.24, 2.45) is 17.8 Å². The van der Waals surface area contributed by atoms with E-state index >= 15 is 0 Å². The molecule has 3 heteroatoms. The first-order valence-corrected chi connectivity index (χ1v) is 7.30. The molecule has 2 aliphatic rings. The molecule has 1 aromatic carbocycles. The molecule has 0 heterocycles. The minimum absolute atomic E-state index is 0.0339. The predicted octanol–water partition coefficient (Wildman–Crippen LogP) is 2.82. The first-order valence-electron chi connectivity index (χ1n) is 7.30. The summed E-state index contributed by atoms with van der Waals surface area (Å²) in [5.41, 5.74) is 7.00. The topological polar surface area (TPSA) is 55.1 Å². The van der Waals surface area contributed by atoms with Crippen molar-refractivity contribution in [1.29, 1.82) is 0 Å². The number of fused-ring (bicyclic) bond motifs is 2. The molecule has 0 spiro atoms. The van der Waals surface area contributed by atoms with Crippen LogP contribution in [0.15, 0.2) is 24.3 Å². The summed E-state index contributed by atoms with van der Waals surface area (Å²) in [7, 11) is 0. The van der Waals surface area contributed by atoms with E-state index in [4.69, 9.17) is 5.73 Å². The summed E-state index contributed by atoms with van der Waals surface area (Å²) < 4.78 is 0. The summed E-state index contributed by atoms with van der Waals surface area (Å²) in [6, 6.07) is 7.52. The monoisotopic (exact) mass is 258 g/mol. The highest BCUT2D eigenvalue weighted by Gasteiger charge is 2.42. The van der Waals surface area contributed by atoms with Gasteiger partial charge in [0.15, 0.2) is 0 Å². The van der Waals surface area contributed by atoms with Crippen LogP contribution in [-0.4, -0.2) is 11.9 Å². The second kappa shape index (κ2) is 4.87. The van der Waals surface area contributed by atoms with Gasteiger partial charge in [-0.05, 0) is 56.1 Å². The highest BCUT2D eigenvalue weighted by molar-refractivity contribution is 5.99. The van der Waals surface area contributed by atoms with Crippen LogP contribution in [0.1, 0.15) is 43.0 Å². The number of rotatable bonds is 3. The number of anilines is 1. The second-order valence-electron chi connectivity index (χ2n) is 6.19. The Bertz CT molecular complexity index is 485. The molecule has 0 saturated heterocycles. The Labute approximate surface area is 114 Å². The van der Waals surface area contributed by atoms with Gasteiger partial charge in [-0.25, -0.2) is 0 Å². The van der Waals surface area contributed by atoms with E-state index in [2.05, 4.69) is 12.2 Å². The summed E-state index contributed by atoms with van der Waals surface area (Å²) in [6.45, 7) is 2.14. The third kappa shape index (κ3) is 2.34. The van der Waals surface area contributed by atoms with Crippen molar-refractivity contribution in [1.82, 2.24) is 5.32 Å². The van der Waals surface area contributed by atoms with Gasteiger partial charge >= 0.3 is 0 Å². The molecule has 2 saturated carbocycles. The second-order valence-corrected chi connectivity index (χ2v) is 6.19. The predicted molar refractivity (Wildman–Crippen MR) is 76.7 cm³/mol. The molecular formula is C16H22N2O. The van der Waals surface area contributed by atoms with Crippen molar-refractivity contribution in [3.63, 3.8) is 0 Å². The molecule has 3 rings (SSSR count). The van der Waals surface area contributed by atoms with Crippen LogP contribution >= 0.6 is 0 Å². The Kier molecular flexibility index (Phi) is 3.21. The normalized spacial score (nSPS) is 30.3. The summed E-state index contributed by atoms with van der Waals surface area (Å²) in [6.07, 6.45) is 5.41. The van der Waals surface area contributed by atoms with Gasteiger partial charge in [0.2, 0.25) is 0 Å². The van der Waals surface area contributed by atoms with E-state index < -0.39 is 0 Å². The number of nitrogens with one attached hydrogen (secondary N) is 1. The van der Waals surface area contributed by atoms with Crippen molar-refractivity contribution in [2.45, 2.75) is 38.6 Å². The molecule has 19 heavy (non-hydrogen) atoms. The molecule has 2 bridgehead atoms. The van der Waals surface area contributed by atoms with Crippen molar-refractivity contribution in [2.75, 3.05) is 5.73 Å². The van der Waals surface area contributed by atoms with Crippen LogP contribution in [0.25, 0.3) is 0 Å². The van der Waals surface area contributed by atoms with Gasteiger partial charge in [0.1, 0.15) is 0 Å². The smallest absolute Gasteiger partial charge is 0.253 e. The zero-order chi connectivity index (χ0) is 13.4. The van der Waals surface area contributed by atoms with Crippen LogP contribution in [0, 0.1) is 17.8 Å². The Morgan fingerprint density at radius 3 is 2.74 bits per heavy atom. The van der Waals surface area contributed by atoms with Gasteiger partial charge < -0.3 is 11.1 Å². The Balaban J connectivity index is 1.65. The fourth-order valence-electron chi connectivity index (χ4n) is 4.00. The van der Waals surface area contributed by atoms with Crippen LogP contribution in [0.4, 0.5) is 5.69 Å². The number of para-hydroxylation sites is 1. The minimum Gasteiger partial charge on any atom is -0.398 e. The van der Waals surface area contributed by atoms with Gasteiger partial charge in [0.25, 0.3) is 5.91 Å². The molecule has 0 radical (unpaired) electrons.